The lowest BCUT2D eigenvalue weighted by atomic mass is 9.90. The third-order valence-electron chi connectivity index (χ3n) is 5.42. The first-order chi connectivity index (χ1) is 14.9. The summed E-state index contributed by atoms with van der Waals surface area (Å²) in [4.78, 5) is 23.0. The predicted molar refractivity (Wildman–Crippen MR) is 119 cm³/mol. The van der Waals surface area contributed by atoms with Gasteiger partial charge >= 0.3 is 5.97 Å². The first-order valence-electron chi connectivity index (χ1n) is 10.4. The van der Waals surface area contributed by atoms with E-state index >= 15 is 0 Å². The average Bonchev–Trinajstić information content (AvgIpc) is 3.23. The summed E-state index contributed by atoms with van der Waals surface area (Å²) in [6, 6.07) is 17.7. The van der Waals surface area contributed by atoms with E-state index in [-0.39, 0.29) is 6.42 Å². The van der Waals surface area contributed by atoms with E-state index in [0.717, 1.165) is 34.5 Å². The Hall–Kier alpha value is -3.41. The fraction of sp³-hybridized carbons (Fsp3) is 0.320. The van der Waals surface area contributed by atoms with Gasteiger partial charge in [0.2, 0.25) is 0 Å². The Morgan fingerprint density at radius 1 is 1.13 bits per heavy atom. The molecule has 1 unspecified atom stereocenters. The first-order valence-corrected chi connectivity index (χ1v) is 10.4. The van der Waals surface area contributed by atoms with Gasteiger partial charge in [0, 0.05) is 18.9 Å². The van der Waals surface area contributed by atoms with Crippen molar-refractivity contribution in [2.75, 3.05) is 7.11 Å². The smallest absolute Gasteiger partial charge is 0.303 e. The number of methoxy groups -OCH3 is 1. The monoisotopic (exact) mass is 420 g/mol. The maximum Gasteiger partial charge on any atom is 0.303 e. The van der Waals surface area contributed by atoms with E-state index in [1.165, 1.54) is 6.92 Å². The molecule has 0 saturated heterocycles. The van der Waals surface area contributed by atoms with Crippen molar-refractivity contribution < 1.29 is 19.1 Å². The minimum absolute atomic E-state index is 0.274. The maximum atomic E-state index is 11.9. The number of nitrogens with zero attached hydrogens (tertiary/aromatic N) is 2. The van der Waals surface area contributed by atoms with Gasteiger partial charge in [-0.2, -0.15) is 5.10 Å². The molecule has 0 aliphatic rings. The first kappa shape index (κ1) is 22.3. The largest absolute Gasteiger partial charge is 0.497 e. The molecule has 2 aromatic carbocycles. The Morgan fingerprint density at radius 3 is 2.35 bits per heavy atom. The molecule has 0 spiro atoms. The number of ether oxygens (including phenoxy) is 2. The van der Waals surface area contributed by atoms with Crippen LogP contribution in [-0.2, 0) is 19.9 Å². The summed E-state index contributed by atoms with van der Waals surface area (Å²) in [6.07, 6.45) is 2.00. The molecule has 1 heterocycles. The van der Waals surface area contributed by atoms with Crippen LogP contribution in [0.25, 0.3) is 16.9 Å². The van der Waals surface area contributed by atoms with Crippen molar-refractivity contribution >= 4 is 12.3 Å². The Bertz CT molecular complexity index is 1040. The quantitative estimate of drug-likeness (QED) is 0.360. The molecule has 162 valence electrons. The number of aromatic nitrogens is 2. The van der Waals surface area contributed by atoms with Crippen LogP contribution in [-0.4, -0.2) is 29.1 Å². The Kier molecular flexibility index (Phi) is 6.90. The van der Waals surface area contributed by atoms with Crippen molar-refractivity contribution in [2.45, 2.75) is 45.6 Å². The van der Waals surface area contributed by atoms with Crippen molar-refractivity contribution in [3.8, 4) is 22.7 Å². The molecule has 1 aromatic heterocycles. The number of hydrogen-bond acceptors (Lipinski definition) is 5. The number of rotatable bonds is 9. The van der Waals surface area contributed by atoms with Crippen LogP contribution in [0.5, 0.6) is 5.75 Å². The number of benzene rings is 2. The van der Waals surface area contributed by atoms with Crippen LogP contribution in [0.2, 0.25) is 0 Å². The summed E-state index contributed by atoms with van der Waals surface area (Å²) in [5.41, 5.74) is 3.53. The van der Waals surface area contributed by atoms with Crippen LogP contribution >= 0.6 is 0 Å². The molecule has 3 rings (SSSR count). The topological polar surface area (TPSA) is 70.4 Å². The van der Waals surface area contributed by atoms with Gasteiger partial charge in [0.25, 0.3) is 0 Å². The van der Waals surface area contributed by atoms with Crippen molar-refractivity contribution in [3.63, 3.8) is 0 Å². The molecule has 6 heteroatoms. The van der Waals surface area contributed by atoms with Gasteiger partial charge in [-0.05, 0) is 50.1 Å². The second-order valence-electron chi connectivity index (χ2n) is 7.54. The highest BCUT2D eigenvalue weighted by Crippen LogP contribution is 2.37. The van der Waals surface area contributed by atoms with Crippen molar-refractivity contribution in [1.82, 2.24) is 9.78 Å². The molecule has 0 bridgehead atoms. The predicted octanol–water partition coefficient (Wildman–Crippen LogP) is 5.00. The van der Waals surface area contributed by atoms with E-state index in [1.54, 1.807) is 7.11 Å². The molecule has 0 fully saturated rings. The van der Waals surface area contributed by atoms with Gasteiger partial charge in [-0.25, -0.2) is 4.68 Å². The summed E-state index contributed by atoms with van der Waals surface area (Å²) in [7, 11) is 1.63. The zero-order valence-electron chi connectivity index (χ0n) is 18.4. The summed E-state index contributed by atoms with van der Waals surface area (Å²) in [5.74, 6) is 0.352. The van der Waals surface area contributed by atoms with E-state index in [1.807, 2.05) is 73.1 Å². The SMILES string of the molecule is CCC(CCC=O)(OC(C)=O)c1cc(-c2ccc(C)cc2)n(-c2ccc(OC)cc2)n1. The van der Waals surface area contributed by atoms with Crippen molar-refractivity contribution in [2.24, 2.45) is 0 Å². The lowest BCUT2D eigenvalue weighted by Crippen LogP contribution is -2.32. The van der Waals surface area contributed by atoms with Gasteiger partial charge in [0.15, 0.2) is 5.60 Å². The third-order valence-corrected chi connectivity index (χ3v) is 5.42. The fourth-order valence-corrected chi connectivity index (χ4v) is 3.68. The zero-order valence-corrected chi connectivity index (χ0v) is 18.4. The normalized spacial score (nSPS) is 12.8. The molecule has 0 saturated carbocycles. The van der Waals surface area contributed by atoms with Gasteiger partial charge in [0.05, 0.1) is 18.5 Å². The number of esters is 1. The molecule has 0 aliphatic carbocycles. The van der Waals surface area contributed by atoms with Crippen LogP contribution < -0.4 is 4.74 Å². The van der Waals surface area contributed by atoms with Crippen LogP contribution in [0.15, 0.2) is 54.6 Å². The standard InChI is InChI=1S/C25H28N2O4/c1-5-25(15-6-16-28,31-19(3)29)24-17-23(20-9-7-18(2)8-10-20)27(26-24)21-11-13-22(30-4)14-12-21/h7-14,16-17H,5-6,15H2,1-4H3. The number of hydrogen-bond donors (Lipinski definition) is 0. The van der Waals surface area contributed by atoms with E-state index in [9.17, 15) is 9.59 Å². The minimum Gasteiger partial charge on any atom is -0.497 e. The van der Waals surface area contributed by atoms with E-state index in [2.05, 4.69) is 0 Å². The molecule has 6 nitrogen and oxygen atoms in total. The fourth-order valence-electron chi connectivity index (χ4n) is 3.68. The second-order valence-corrected chi connectivity index (χ2v) is 7.54. The number of carbonyl (C=O) groups is 2. The highest BCUT2D eigenvalue weighted by Gasteiger charge is 2.37. The minimum atomic E-state index is -0.968. The van der Waals surface area contributed by atoms with Crippen molar-refractivity contribution in [3.05, 3.63) is 65.9 Å². The summed E-state index contributed by atoms with van der Waals surface area (Å²) in [5, 5.41) is 4.87. The maximum absolute atomic E-state index is 11.9. The summed E-state index contributed by atoms with van der Waals surface area (Å²) < 4.78 is 12.9. The van der Waals surface area contributed by atoms with Gasteiger partial charge in [-0.15, -0.1) is 0 Å². The van der Waals surface area contributed by atoms with Crippen LogP contribution in [0, 0.1) is 6.92 Å². The van der Waals surface area contributed by atoms with Crippen LogP contribution in [0.4, 0.5) is 0 Å². The molecule has 0 aliphatic heterocycles. The molecular formula is C25H28N2O4. The lowest BCUT2D eigenvalue weighted by Gasteiger charge is -2.30. The molecule has 3 aromatic rings. The highest BCUT2D eigenvalue weighted by molar-refractivity contribution is 5.68. The summed E-state index contributed by atoms with van der Waals surface area (Å²) >= 11 is 0. The molecular weight excluding hydrogens is 392 g/mol. The van der Waals surface area contributed by atoms with Crippen molar-refractivity contribution in [1.29, 1.82) is 0 Å². The molecule has 0 radical (unpaired) electrons. The Balaban J connectivity index is 2.19. The van der Waals surface area contributed by atoms with Gasteiger partial charge in [-0.1, -0.05) is 36.8 Å². The highest BCUT2D eigenvalue weighted by atomic mass is 16.6. The Labute approximate surface area is 182 Å². The Morgan fingerprint density at radius 2 is 1.81 bits per heavy atom. The number of aldehydes is 1. The third kappa shape index (κ3) is 4.85. The number of carbonyl (C=O) groups excluding carboxylic acids is 2. The second kappa shape index (κ2) is 9.60. The average molecular weight is 421 g/mol. The van der Waals surface area contributed by atoms with Crippen LogP contribution in [0.3, 0.4) is 0 Å². The van der Waals surface area contributed by atoms with Gasteiger partial charge in [-0.3, -0.25) is 4.79 Å². The van der Waals surface area contributed by atoms with Gasteiger partial charge in [0.1, 0.15) is 17.7 Å². The van der Waals surface area contributed by atoms with Gasteiger partial charge < -0.3 is 14.3 Å². The molecule has 0 amide bonds. The van der Waals surface area contributed by atoms with Crippen LogP contribution in [0.1, 0.15) is 44.4 Å². The molecule has 0 N–H and O–H groups in total. The number of aryl methyl sites for hydroxylation is 1. The van der Waals surface area contributed by atoms with E-state index < -0.39 is 11.6 Å². The molecule has 1 atom stereocenters. The summed E-state index contributed by atoms with van der Waals surface area (Å²) in [6.45, 7) is 5.36. The van der Waals surface area contributed by atoms with E-state index in [0.29, 0.717) is 18.5 Å². The lowest BCUT2D eigenvalue weighted by molar-refractivity contribution is -0.160. The van der Waals surface area contributed by atoms with E-state index in [4.69, 9.17) is 14.6 Å². The zero-order chi connectivity index (χ0) is 22.4. The molecule has 31 heavy (non-hydrogen) atoms.